The molecule has 2 amide bonds. The van der Waals surface area contributed by atoms with Crippen LogP contribution >= 0.6 is 23.7 Å². The van der Waals surface area contributed by atoms with E-state index in [0.717, 1.165) is 12.8 Å². The normalized spacial score (nSPS) is 14.8. The Balaban J connectivity index is 0.00000208. The van der Waals surface area contributed by atoms with Crippen LogP contribution in [0.2, 0.25) is 0 Å². The fourth-order valence-corrected chi connectivity index (χ4v) is 3.28. The van der Waals surface area contributed by atoms with E-state index in [1.807, 2.05) is 17.5 Å². The first-order valence-electron chi connectivity index (χ1n) is 7.62. The van der Waals surface area contributed by atoms with E-state index in [9.17, 15) is 9.59 Å². The number of hydrogen-bond acceptors (Lipinski definition) is 4. The maximum Gasteiger partial charge on any atom is 0.256 e. The number of nitrogens with zero attached hydrogens (tertiary/aromatic N) is 1. The van der Waals surface area contributed by atoms with Crippen LogP contribution in [-0.4, -0.2) is 35.8 Å². The molecule has 0 radical (unpaired) electrons. The summed E-state index contributed by atoms with van der Waals surface area (Å²) in [5, 5.41) is 6.47. The molecule has 5 nitrogen and oxygen atoms in total. The Kier molecular flexibility index (Phi) is 6.36. The highest BCUT2D eigenvalue weighted by Crippen LogP contribution is 2.21. The molecule has 7 heteroatoms. The van der Waals surface area contributed by atoms with Gasteiger partial charge in [-0.2, -0.15) is 11.3 Å². The molecule has 24 heavy (non-hydrogen) atoms. The zero-order chi connectivity index (χ0) is 16.2. The molecule has 0 spiro atoms. The Morgan fingerprint density at radius 1 is 1.17 bits per heavy atom. The second-order valence-electron chi connectivity index (χ2n) is 5.64. The van der Waals surface area contributed by atoms with Gasteiger partial charge in [0, 0.05) is 24.5 Å². The Morgan fingerprint density at radius 2 is 1.88 bits per heavy atom. The third-order valence-corrected chi connectivity index (χ3v) is 4.70. The molecule has 2 heterocycles. The van der Waals surface area contributed by atoms with Gasteiger partial charge in [-0.25, -0.2) is 0 Å². The fraction of sp³-hybridized carbons (Fsp3) is 0.294. The first-order valence-corrected chi connectivity index (χ1v) is 8.57. The summed E-state index contributed by atoms with van der Waals surface area (Å²) in [5.41, 5.74) is 7.56. The van der Waals surface area contributed by atoms with Gasteiger partial charge in [0.15, 0.2) is 0 Å². The molecule has 1 aliphatic heterocycles. The van der Waals surface area contributed by atoms with Crippen molar-refractivity contribution in [2.75, 3.05) is 18.4 Å². The topological polar surface area (TPSA) is 75.4 Å². The van der Waals surface area contributed by atoms with Crippen LogP contribution in [-0.2, 0) is 0 Å². The van der Waals surface area contributed by atoms with E-state index in [4.69, 9.17) is 5.73 Å². The van der Waals surface area contributed by atoms with E-state index in [0.29, 0.717) is 29.9 Å². The summed E-state index contributed by atoms with van der Waals surface area (Å²) in [6.07, 6.45) is 1.63. The number of nitrogens with one attached hydrogen (secondary N) is 1. The van der Waals surface area contributed by atoms with E-state index >= 15 is 0 Å². The molecular formula is C17H20ClN3O2S. The lowest BCUT2D eigenvalue weighted by Crippen LogP contribution is -2.43. The minimum Gasteiger partial charge on any atom is -0.338 e. The SMILES string of the molecule is Cl.NC1CCN(C(=O)c2ccccc2NC(=O)c2ccsc2)CC1. The lowest BCUT2D eigenvalue weighted by molar-refractivity contribution is 0.0716. The lowest BCUT2D eigenvalue weighted by atomic mass is 10.0. The van der Waals surface area contributed by atoms with Crippen molar-refractivity contribution in [1.29, 1.82) is 0 Å². The third kappa shape index (κ3) is 4.14. The first-order chi connectivity index (χ1) is 11.1. The summed E-state index contributed by atoms with van der Waals surface area (Å²) in [6.45, 7) is 1.32. The number of hydrogen-bond donors (Lipinski definition) is 2. The molecule has 3 rings (SSSR count). The van der Waals surface area contributed by atoms with Crippen molar-refractivity contribution >= 4 is 41.2 Å². The Hall–Kier alpha value is -1.89. The highest BCUT2D eigenvalue weighted by Gasteiger charge is 2.23. The van der Waals surface area contributed by atoms with Crippen LogP contribution in [0.5, 0.6) is 0 Å². The molecule has 1 fully saturated rings. The van der Waals surface area contributed by atoms with Crippen molar-refractivity contribution in [3.05, 3.63) is 52.2 Å². The number of carbonyl (C=O) groups is 2. The summed E-state index contributed by atoms with van der Waals surface area (Å²) >= 11 is 1.46. The van der Waals surface area contributed by atoms with Gasteiger partial charge in [-0.05, 0) is 36.4 Å². The number of amides is 2. The van der Waals surface area contributed by atoms with Gasteiger partial charge < -0.3 is 16.0 Å². The predicted octanol–water partition coefficient (Wildman–Crippen LogP) is 2.99. The Bertz CT molecular complexity index is 698. The number of para-hydroxylation sites is 1. The number of halogens is 1. The number of thiophene rings is 1. The minimum absolute atomic E-state index is 0. The van der Waals surface area contributed by atoms with Crippen LogP contribution in [0.25, 0.3) is 0 Å². The van der Waals surface area contributed by atoms with Gasteiger partial charge in [0.1, 0.15) is 0 Å². The molecule has 1 saturated heterocycles. The van der Waals surface area contributed by atoms with E-state index in [-0.39, 0.29) is 30.3 Å². The molecule has 0 atom stereocenters. The number of benzene rings is 1. The third-order valence-electron chi connectivity index (χ3n) is 4.02. The van der Waals surface area contributed by atoms with Crippen molar-refractivity contribution in [2.45, 2.75) is 18.9 Å². The van der Waals surface area contributed by atoms with Gasteiger partial charge in [0.2, 0.25) is 0 Å². The number of piperidine rings is 1. The summed E-state index contributed by atoms with van der Waals surface area (Å²) in [6, 6.07) is 9.06. The highest BCUT2D eigenvalue weighted by atomic mass is 35.5. The molecule has 3 N–H and O–H groups in total. The minimum atomic E-state index is -0.202. The van der Waals surface area contributed by atoms with E-state index in [1.54, 1.807) is 28.5 Å². The average Bonchev–Trinajstić information content (AvgIpc) is 3.10. The molecule has 0 unspecified atom stereocenters. The van der Waals surface area contributed by atoms with Gasteiger partial charge in [-0.1, -0.05) is 12.1 Å². The summed E-state index contributed by atoms with van der Waals surface area (Å²) in [4.78, 5) is 26.8. The number of nitrogens with two attached hydrogens (primary N) is 1. The monoisotopic (exact) mass is 365 g/mol. The van der Waals surface area contributed by atoms with Gasteiger partial charge >= 0.3 is 0 Å². The second-order valence-corrected chi connectivity index (χ2v) is 6.42. The van der Waals surface area contributed by atoms with Crippen molar-refractivity contribution in [1.82, 2.24) is 4.90 Å². The number of rotatable bonds is 3. The molecule has 1 aromatic heterocycles. The smallest absolute Gasteiger partial charge is 0.256 e. The summed E-state index contributed by atoms with van der Waals surface area (Å²) in [5.74, 6) is -0.259. The van der Waals surface area contributed by atoms with Crippen LogP contribution in [0, 0.1) is 0 Å². The molecule has 1 aliphatic rings. The van der Waals surface area contributed by atoms with E-state index in [1.165, 1.54) is 11.3 Å². The lowest BCUT2D eigenvalue weighted by Gasteiger charge is -2.30. The molecule has 1 aromatic carbocycles. The fourth-order valence-electron chi connectivity index (χ4n) is 2.64. The maximum absolute atomic E-state index is 12.7. The van der Waals surface area contributed by atoms with Gasteiger partial charge in [-0.3, -0.25) is 9.59 Å². The quantitative estimate of drug-likeness (QED) is 0.877. The number of carbonyl (C=O) groups excluding carboxylic acids is 2. The van der Waals surface area contributed by atoms with Crippen LogP contribution in [0.15, 0.2) is 41.1 Å². The van der Waals surface area contributed by atoms with Crippen LogP contribution in [0.3, 0.4) is 0 Å². The van der Waals surface area contributed by atoms with Crippen LogP contribution in [0.1, 0.15) is 33.6 Å². The van der Waals surface area contributed by atoms with E-state index in [2.05, 4.69) is 5.32 Å². The van der Waals surface area contributed by atoms with Gasteiger partial charge in [0.25, 0.3) is 11.8 Å². The van der Waals surface area contributed by atoms with Crippen molar-refractivity contribution < 1.29 is 9.59 Å². The zero-order valence-corrected chi connectivity index (χ0v) is 14.7. The Morgan fingerprint density at radius 3 is 2.54 bits per heavy atom. The molecular weight excluding hydrogens is 346 g/mol. The number of likely N-dealkylation sites (tertiary alicyclic amines) is 1. The average molecular weight is 366 g/mol. The van der Waals surface area contributed by atoms with Gasteiger partial charge in [-0.15, -0.1) is 12.4 Å². The largest absolute Gasteiger partial charge is 0.338 e. The highest BCUT2D eigenvalue weighted by molar-refractivity contribution is 7.08. The molecule has 0 bridgehead atoms. The molecule has 128 valence electrons. The zero-order valence-electron chi connectivity index (χ0n) is 13.1. The molecule has 2 aromatic rings. The predicted molar refractivity (Wildman–Crippen MR) is 99.1 cm³/mol. The van der Waals surface area contributed by atoms with Crippen molar-refractivity contribution in [3.63, 3.8) is 0 Å². The molecule has 0 saturated carbocycles. The maximum atomic E-state index is 12.7. The number of anilines is 1. The second kappa shape index (κ2) is 8.28. The first kappa shape index (κ1) is 18.4. The molecule has 0 aliphatic carbocycles. The Labute approximate surface area is 151 Å². The van der Waals surface area contributed by atoms with Crippen LogP contribution < -0.4 is 11.1 Å². The summed E-state index contributed by atoms with van der Waals surface area (Å²) in [7, 11) is 0. The van der Waals surface area contributed by atoms with Crippen LogP contribution in [0.4, 0.5) is 5.69 Å². The van der Waals surface area contributed by atoms with Gasteiger partial charge in [0.05, 0.1) is 16.8 Å². The standard InChI is InChI=1S/C17H19N3O2S.ClH/c18-13-5-8-20(9-6-13)17(22)14-3-1-2-4-15(14)19-16(21)12-7-10-23-11-12;/h1-4,7,10-11,13H,5-6,8-9,18H2,(H,19,21);1H. The van der Waals surface area contributed by atoms with Crippen molar-refractivity contribution in [2.24, 2.45) is 5.73 Å². The van der Waals surface area contributed by atoms with E-state index < -0.39 is 0 Å². The summed E-state index contributed by atoms with van der Waals surface area (Å²) < 4.78 is 0. The van der Waals surface area contributed by atoms with Crippen molar-refractivity contribution in [3.8, 4) is 0 Å².